The molecule has 0 fully saturated rings. The first kappa shape index (κ1) is 25.4. The summed E-state index contributed by atoms with van der Waals surface area (Å²) >= 11 is 0. The fourth-order valence-corrected chi connectivity index (χ4v) is 3.56. The van der Waals surface area contributed by atoms with Gasteiger partial charge in [-0.25, -0.2) is 4.39 Å². The van der Waals surface area contributed by atoms with Crippen molar-refractivity contribution in [3.05, 3.63) is 41.7 Å². The second-order valence-electron chi connectivity index (χ2n) is 7.56. The van der Waals surface area contributed by atoms with E-state index in [4.69, 9.17) is 9.73 Å². The number of likely N-dealkylation sites (N-methyl/N-ethyl adjacent to an activating group) is 1. The van der Waals surface area contributed by atoms with Gasteiger partial charge in [0.25, 0.3) is 0 Å². The predicted molar refractivity (Wildman–Crippen MR) is 132 cm³/mol. The van der Waals surface area contributed by atoms with Crippen LogP contribution in [-0.4, -0.2) is 58.9 Å². The quantitative estimate of drug-likeness (QED) is 0.226. The third kappa shape index (κ3) is 7.93. The van der Waals surface area contributed by atoms with Gasteiger partial charge in [0, 0.05) is 39.5 Å². The molecule has 2 aromatic rings. The number of fused-ring (bicyclic) bond motifs is 1. The molecular weight excluding hydrogens is 510 g/mol. The molecule has 0 radical (unpaired) electrons. The molecule has 1 aliphatic rings. The van der Waals surface area contributed by atoms with Crippen LogP contribution in [0.15, 0.2) is 29.3 Å². The molecule has 0 aliphatic carbocycles. The molecule has 2 heterocycles. The Balaban J connectivity index is 0.00000341. The van der Waals surface area contributed by atoms with Gasteiger partial charge in [0.15, 0.2) is 5.96 Å². The summed E-state index contributed by atoms with van der Waals surface area (Å²) in [6.45, 7) is 5.82. The molecule has 7 nitrogen and oxygen atoms in total. The van der Waals surface area contributed by atoms with E-state index >= 15 is 0 Å². The molecular formula is C22H34FIN6O. The average molecular weight is 544 g/mol. The lowest BCUT2D eigenvalue weighted by atomic mass is 10.2. The van der Waals surface area contributed by atoms with Crippen molar-refractivity contribution in [2.45, 2.75) is 52.0 Å². The maximum absolute atomic E-state index is 13.0. The van der Waals surface area contributed by atoms with Crippen LogP contribution in [0.2, 0.25) is 0 Å². The van der Waals surface area contributed by atoms with E-state index in [9.17, 15) is 4.39 Å². The lowest BCUT2D eigenvalue weighted by Crippen LogP contribution is -2.41. The van der Waals surface area contributed by atoms with Gasteiger partial charge in [-0.2, -0.15) is 0 Å². The number of aliphatic imine (C=N–C) groups is 1. The Hall–Kier alpha value is -1.91. The fourth-order valence-electron chi connectivity index (χ4n) is 3.56. The van der Waals surface area contributed by atoms with Crippen LogP contribution < -0.4 is 10.1 Å². The number of guanidine groups is 1. The number of hydrogen-bond donors (Lipinski definition) is 1. The van der Waals surface area contributed by atoms with Crippen molar-refractivity contribution in [2.75, 3.05) is 33.3 Å². The summed E-state index contributed by atoms with van der Waals surface area (Å²) < 4.78 is 21.0. The highest BCUT2D eigenvalue weighted by atomic mass is 127. The third-order valence-electron chi connectivity index (χ3n) is 5.21. The minimum Gasteiger partial charge on any atom is -0.492 e. The Morgan fingerprint density at radius 3 is 2.81 bits per heavy atom. The minimum absolute atomic E-state index is 0. The third-order valence-corrected chi connectivity index (χ3v) is 5.21. The summed E-state index contributed by atoms with van der Waals surface area (Å²) in [7, 11) is 1.99. The van der Waals surface area contributed by atoms with Gasteiger partial charge in [-0.3, -0.25) is 4.99 Å². The molecule has 1 aromatic carbocycles. The standard InChI is InChI=1S/C22H33FN6O.HI/c1-3-24-22(28(2)16-17-30-19-12-10-18(23)11-13-19)25-14-7-9-21-27-26-20-8-5-4-6-15-29(20)21;/h10-13H,3-9,14-17H2,1-2H3,(H,24,25);1H. The zero-order chi connectivity index (χ0) is 21.2. The van der Waals surface area contributed by atoms with Gasteiger partial charge >= 0.3 is 0 Å². The van der Waals surface area contributed by atoms with Crippen LogP contribution in [0.5, 0.6) is 5.75 Å². The maximum atomic E-state index is 13.0. The van der Waals surface area contributed by atoms with Gasteiger partial charge < -0.3 is 19.5 Å². The van der Waals surface area contributed by atoms with E-state index in [2.05, 4.69) is 31.9 Å². The zero-order valence-electron chi connectivity index (χ0n) is 18.5. The molecule has 0 saturated heterocycles. The molecule has 0 atom stereocenters. The molecule has 0 spiro atoms. The molecule has 1 N–H and O–H groups in total. The van der Waals surface area contributed by atoms with Crippen molar-refractivity contribution in [2.24, 2.45) is 4.99 Å². The second-order valence-corrected chi connectivity index (χ2v) is 7.56. The summed E-state index contributed by atoms with van der Waals surface area (Å²) in [5, 5.41) is 12.1. The number of hydrogen-bond acceptors (Lipinski definition) is 4. The van der Waals surface area contributed by atoms with Crippen LogP contribution >= 0.6 is 24.0 Å². The molecule has 172 valence electrons. The van der Waals surface area contributed by atoms with Crippen LogP contribution in [0.25, 0.3) is 0 Å². The number of halogens is 2. The smallest absolute Gasteiger partial charge is 0.193 e. The van der Waals surface area contributed by atoms with E-state index in [-0.39, 0.29) is 29.8 Å². The average Bonchev–Trinajstić information content (AvgIpc) is 2.97. The zero-order valence-corrected chi connectivity index (χ0v) is 20.8. The first-order chi connectivity index (χ1) is 14.7. The van der Waals surface area contributed by atoms with E-state index in [1.165, 1.54) is 31.4 Å². The highest BCUT2D eigenvalue weighted by Gasteiger charge is 2.14. The number of nitrogens with zero attached hydrogens (tertiary/aromatic N) is 5. The van der Waals surface area contributed by atoms with Gasteiger partial charge in [-0.1, -0.05) is 6.42 Å². The van der Waals surface area contributed by atoms with E-state index in [1.54, 1.807) is 12.1 Å². The van der Waals surface area contributed by atoms with Crippen molar-refractivity contribution < 1.29 is 9.13 Å². The van der Waals surface area contributed by atoms with Gasteiger partial charge in [0.1, 0.15) is 29.8 Å². The lowest BCUT2D eigenvalue weighted by Gasteiger charge is -2.22. The van der Waals surface area contributed by atoms with Crippen LogP contribution in [0.3, 0.4) is 0 Å². The molecule has 0 saturated carbocycles. The van der Waals surface area contributed by atoms with Crippen molar-refractivity contribution in [3.8, 4) is 5.75 Å². The molecule has 0 unspecified atom stereocenters. The molecule has 1 aromatic heterocycles. The fraction of sp³-hybridized carbons (Fsp3) is 0.591. The van der Waals surface area contributed by atoms with Crippen LogP contribution in [0.1, 0.15) is 44.3 Å². The SMILES string of the molecule is CCNC(=NCCCc1nnc2n1CCCCC2)N(C)CCOc1ccc(F)cc1.I. The van der Waals surface area contributed by atoms with Crippen molar-refractivity contribution in [1.82, 2.24) is 25.0 Å². The number of nitrogens with one attached hydrogen (secondary N) is 1. The highest BCUT2D eigenvalue weighted by molar-refractivity contribution is 14.0. The van der Waals surface area contributed by atoms with Gasteiger partial charge in [0.2, 0.25) is 0 Å². The van der Waals surface area contributed by atoms with E-state index in [0.717, 1.165) is 56.5 Å². The highest BCUT2D eigenvalue weighted by Crippen LogP contribution is 2.15. The van der Waals surface area contributed by atoms with Gasteiger partial charge in [0.05, 0.1) is 6.54 Å². The summed E-state index contributed by atoms with van der Waals surface area (Å²) in [6.07, 6.45) is 6.58. The summed E-state index contributed by atoms with van der Waals surface area (Å²) in [5.74, 6) is 3.50. The first-order valence-electron chi connectivity index (χ1n) is 11.0. The van der Waals surface area contributed by atoms with Crippen molar-refractivity contribution >= 4 is 29.9 Å². The number of ether oxygens (including phenoxy) is 1. The van der Waals surface area contributed by atoms with Crippen LogP contribution in [0, 0.1) is 5.82 Å². The Bertz CT molecular complexity index is 811. The van der Waals surface area contributed by atoms with Crippen molar-refractivity contribution in [1.29, 1.82) is 0 Å². The van der Waals surface area contributed by atoms with Crippen LogP contribution in [0.4, 0.5) is 4.39 Å². The predicted octanol–water partition coefficient (Wildman–Crippen LogP) is 3.67. The molecule has 0 bridgehead atoms. The Morgan fingerprint density at radius 2 is 2.03 bits per heavy atom. The largest absolute Gasteiger partial charge is 0.492 e. The molecule has 1 aliphatic heterocycles. The second kappa shape index (κ2) is 13.5. The lowest BCUT2D eigenvalue weighted by molar-refractivity contribution is 0.281. The minimum atomic E-state index is -0.261. The van der Waals surface area contributed by atoms with E-state index < -0.39 is 0 Å². The number of aryl methyl sites for hydroxylation is 2. The summed E-state index contributed by atoms with van der Waals surface area (Å²) in [4.78, 5) is 6.80. The topological polar surface area (TPSA) is 67.6 Å². The van der Waals surface area contributed by atoms with E-state index in [1.807, 2.05) is 7.05 Å². The maximum Gasteiger partial charge on any atom is 0.193 e. The summed E-state index contributed by atoms with van der Waals surface area (Å²) in [6, 6.07) is 6.08. The van der Waals surface area contributed by atoms with Crippen LogP contribution in [-0.2, 0) is 19.4 Å². The first-order valence-corrected chi connectivity index (χ1v) is 11.0. The Morgan fingerprint density at radius 1 is 1.23 bits per heavy atom. The Labute approximate surface area is 201 Å². The van der Waals surface area contributed by atoms with Gasteiger partial charge in [-0.15, -0.1) is 34.2 Å². The van der Waals surface area contributed by atoms with E-state index in [0.29, 0.717) is 18.9 Å². The van der Waals surface area contributed by atoms with Gasteiger partial charge in [-0.05, 0) is 50.5 Å². The molecule has 31 heavy (non-hydrogen) atoms. The monoisotopic (exact) mass is 544 g/mol. The number of aromatic nitrogens is 3. The molecule has 0 amide bonds. The Kier molecular flexibility index (Phi) is 11.0. The number of benzene rings is 1. The normalized spacial score (nSPS) is 13.7. The van der Waals surface area contributed by atoms with Crippen molar-refractivity contribution in [3.63, 3.8) is 0 Å². The number of rotatable bonds is 9. The molecule has 9 heteroatoms. The summed E-state index contributed by atoms with van der Waals surface area (Å²) in [5.41, 5.74) is 0. The molecule has 3 rings (SSSR count).